The van der Waals surface area contributed by atoms with E-state index < -0.39 is 27.9 Å². The first-order valence-corrected chi connectivity index (χ1v) is 7.19. The Kier molecular flexibility index (Phi) is 3.60. The summed E-state index contributed by atoms with van der Waals surface area (Å²) in [6.45, 7) is 1.71. The first-order chi connectivity index (χ1) is 8.87. The third kappa shape index (κ3) is 2.35. The maximum Gasteiger partial charge on any atom is 0.324 e. The van der Waals surface area contributed by atoms with Crippen LogP contribution in [0.25, 0.3) is 0 Å². The van der Waals surface area contributed by atoms with E-state index in [2.05, 4.69) is 4.74 Å². The molecule has 1 aliphatic heterocycles. The molecule has 1 aliphatic rings. The molecule has 0 radical (unpaired) electrons. The molecule has 0 aromatic heterocycles. The van der Waals surface area contributed by atoms with E-state index in [1.165, 1.54) is 19.2 Å². The minimum absolute atomic E-state index is 0.0330. The number of esters is 1. The normalized spacial score (nSPS) is 23.7. The fourth-order valence-corrected chi connectivity index (χ4v) is 3.96. The van der Waals surface area contributed by atoms with E-state index in [9.17, 15) is 17.6 Å². The van der Waals surface area contributed by atoms with Gasteiger partial charge in [0.1, 0.15) is 11.9 Å². The molecule has 5 nitrogen and oxygen atoms in total. The Morgan fingerprint density at radius 1 is 1.37 bits per heavy atom. The minimum Gasteiger partial charge on any atom is -0.468 e. The van der Waals surface area contributed by atoms with Gasteiger partial charge in [0.05, 0.1) is 12.0 Å². The van der Waals surface area contributed by atoms with E-state index in [0.29, 0.717) is 6.42 Å². The maximum atomic E-state index is 12.8. The summed E-state index contributed by atoms with van der Waals surface area (Å²) >= 11 is 0. The van der Waals surface area contributed by atoms with Crippen molar-refractivity contribution in [2.24, 2.45) is 0 Å². The zero-order valence-electron chi connectivity index (χ0n) is 10.5. The lowest BCUT2D eigenvalue weighted by Crippen LogP contribution is -2.60. The van der Waals surface area contributed by atoms with Crippen molar-refractivity contribution in [1.82, 2.24) is 4.31 Å². The smallest absolute Gasteiger partial charge is 0.324 e. The monoisotopic (exact) mass is 287 g/mol. The number of nitrogens with zero attached hydrogens (tertiary/aromatic N) is 1. The highest BCUT2D eigenvalue weighted by molar-refractivity contribution is 7.89. The quantitative estimate of drug-likeness (QED) is 0.782. The number of carbonyl (C=O) groups excluding carboxylic acids is 1. The van der Waals surface area contributed by atoms with Crippen LogP contribution in [0.1, 0.15) is 13.3 Å². The molecule has 1 fully saturated rings. The number of hydrogen-bond acceptors (Lipinski definition) is 4. The molecular weight excluding hydrogens is 273 g/mol. The molecule has 0 amide bonds. The number of sulfonamides is 1. The summed E-state index contributed by atoms with van der Waals surface area (Å²) in [7, 11) is -2.59. The maximum absolute atomic E-state index is 12.8. The zero-order chi connectivity index (χ0) is 14.2. The summed E-state index contributed by atoms with van der Waals surface area (Å²) in [6.07, 6.45) is 0.424. The molecule has 19 heavy (non-hydrogen) atoms. The third-order valence-electron chi connectivity index (χ3n) is 3.17. The van der Waals surface area contributed by atoms with Gasteiger partial charge in [-0.3, -0.25) is 4.79 Å². The first-order valence-electron chi connectivity index (χ1n) is 5.75. The molecule has 0 unspecified atom stereocenters. The Morgan fingerprint density at radius 3 is 2.42 bits per heavy atom. The molecule has 1 saturated heterocycles. The predicted octanol–water partition coefficient (Wildman–Crippen LogP) is 1.15. The summed E-state index contributed by atoms with van der Waals surface area (Å²) < 4.78 is 43.2. The van der Waals surface area contributed by atoms with E-state index in [1.54, 1.807) is 6.92 Å². The van der Waals surface area contributed by atoms with Crippen molar-refractivity contribution in [3.63, 3.8) is 0 Å². The van der Waals surface area contributed by atoms with Crippen LogP contribution < -0.4 is 0 Å². The highest BCUT2D eigenvalue weighted by Gasteiger charge is 2.48. The average Bonchev–Trinajstić information content (AvgIpc) is 2.34. The molecule has 0 N–H and O–H groups in total. The van der Waals surface area contributed by atoms with Crippen LogP contribution in [0.3, 0.4) is 0 Å². The summed E-state index contributed by atoms with van der Waals surface area (Å²) in [5.74, 6) is -1.09. The van der Waals surface area contributed by atoms with Gasteiger partial charge in [-0.05, 0) is 37.6 Å². The summed E-state index contributed by atoms with van der Waals surface area (Å²) in [5, 5.41) is 0. The predicted molar refractivity (Wildman–Crippen MR) is 65.3 cm³/mol. The van der Waals surface area contributed by atoms with Gasteiger partial charge < -0.3 is 4.74 Å². The molecular formula is C12H14FNO4S. The molecule has 0 saturated carbocycles. The van der Waals surface area contributed by atoms with Crippen molar-refractivity contribution in [2.45, 2.75) is 30.3 Å². The van der Waals surface area contributed by atoms with Gasteiger partial charge in [-0.2, -0.15) is 4.31 Å². The number of hydrogen-bond donors (Lipinski definition) is 0. The lowest BCUT2D eigenvalue weighted by Gasteiger charge is -2.43. The second kappa shape index (κ2) is 4.90. The Balaban J connectivity index is 2.33. The van der Waals surface area contributed by atoms with E-state index in [4.69, 9.17) is 0 Å². The van der Waals surface area contributed by atoms with Crippen molar-refractivity contribution >= 4 is 16.0 Å². The van der Waals surface area contributed by atoms with Gasteiger partial charge in [0.2, 0.25) is 10.0 Å². The highest BCUT2D eigenvalue weighted by atomic mass is 32.2. The van der Waals surface area contributed by atoms with Gasteiger partial charge in [0, 0.05) is 6.04 Å². The topological polar surface area (TPSA) is 63.7 Å². The van der Waals surface area contributed by atoms with Crippen LogP contribution in [0, 0.1) is 5.82 Å². The summed E-state index contributed by atoms with van der Waals surface area (Å²) in [5.41, 5.74) is 0. The van der Waals surface area contributed by atoms with Crippen molar-refractivity contribution in [2.75, 3.05) is 7.11 Å². The van der Waals surface area contributed by atoms with Gasteiger partial charge in [0.15, 0.2) is 0 Å². The Morgan fingerprint density at radius 2 is 1.95 bits per heavy atom. The largest absolute Gasteiger partial charge is 0.468 e. The summed E-state index contributed by atoms with van der Waals surface area (Å²) in [4.78, 5) is 11.5. The Bertz CT molecular complexity index is 584. The van der Waals surface area contributed by atoms with Crippen LogP contribution in [0.5, 0.6) is 0 Å². The number of halogens is 1. The van der Waals surface area contributed by atoms with Crippen LogP contribution in [-0.4, -0.2) is 37.9 Å². The van der Waals surface area contributed by atoms with E-state index in [-0.39, 0.29) is 10.9 Å². The fraction of sp³-hybridized carbons (Fsp3) is 0.417. The Hall–Kier alpha value is -1.47. The van der Waals surface area contributed by atoms with Crippen LogP contribution >= 0.6 is 0 Å². The molecule has 0 aliphatic carbocycles. The molecule has 2 atom stereocenters. The number of benzene rings is 1. The van der Waals surface area contributed by atoms with Crippen LogP contribution in [0.15, 0.2) is 29.2 Å². The molecule has 7 heteroatoms. The number of ether oxygens (including phenoxy) is 1. The van der Waals surface area contributed by atoms with Crippen LogP contribution in [0.2, 0.25) is 0 Å². The lowest BCUT2D eigenvalue weighted by atomic mass is 9.99. The molecule has 0 bridgehead atoms. The van der Waals surface area contributed by atoms with Crippen molar-refractivity contribution < 1.29 is 22.3 Å². The average molecular weight is 287 g/mol. The second-order valence-electron chi connectivity index (χ2n) is 4.41. The second-order valence-corrected chi connectivity index (χ2v) is 6.26. The van der Waals surface area contributed by atoms with Crippen LogP contribution in [-0.2, 0) is 19.6 Å². The number of methoxy groups -OCH3 is 1. The molecule has 0 spiro atoms. The van der Waals surface area contributed by atoms with E-state index in [1.807, 2.05) is 0 Å². The lowest BCUT2D eigenvalue weighted by molar-refractivity contribution is -0.150. The van der Waals surface area contributed by atoms with Gasteiger partial charge in [-0.15, -0.1) is 0 Å². The van der Waals surface area contributed by atoms with Gasteiger partial charge in [0.25, 0.3) is 0 Å². The van der Waals surface area contributed by atoms with Gasteiger partial charge >= 0.3 is 5.97 Å². The minimum atomic E-state index is -3.81. The van der Waals surface area contributed by atoms with Gasteiger partial charge in [-0.1, -0.05) is 0 Å². The first kappa shape index (κ1) is 14.0. The van der Waals surface area contributed by atoms with E-state index in [0.717, 1.165) is 16.4 Å². The zero-order valence-corrected chi connectivity index (χ0v) is 11.4. The van der Waals surface area contributed by atoms with E-state index >= 15 is 0 Å². The van der Waals surface area contributed by atoms with Crippen molar-refractivity contribution in [3.05, 3.63) is 30.1 Å². The molecule has 1 aromatic carbocycles. The molecule has 1 aromatic rings. The highest BCUT2D eigenvalue weighted by Crippen LogP contribution is 2.33. The summed E-state index contributed by atoms with van der Waals surface area (Å²) in [6, 6.07) is 3.44. The SMILES string of the molecule is COC(=O)[C@H]1C[C@@H](C)N1S(=O)(=O)c1ccc(F)cc1. The number of rotatable bonds is 3. The fourth-order valence-electron chi connectivity index (χ4n) is 2.17. The number of carbonyl (C=O) groups is 1. The van der Waals surface area contributed by atoms with Crippen molar-refractivity contribution in [1.29, 1.82) is 0 Å². The Labute approximate surface area is 111 Å². The molecule has 2 rings (SSSR count). The standard InChI is InChI=1S/C12H14FNO4S/c1-8-7-11(12(15)18-2)14(8)19(16,17)10-5-3-9(13)4-6-10/h3-6,8,11H,7H2,1-2H3/t8-,11-/m1/s1. The molecule has 1 heterocycles. The third-order valence-corrected chi connectivity index (χ3v) is 5.21. The van der Waals surface area contributed by atoms with Crippen molar-refractivity contribution in [3.8, 4) is 0 Å². The molecule has 104 valence electrons. The van der Waals surface area contributed by atoms with Crippen LogP contribution in [0.4, 0.5) is 4.39 Å². The van der Waals surface area contributed by atoms with Gasteiger partial charge in [-0.25, -0.2) is 12.8 Å².